The molecule has 0 aliphatic carbocycles. The van der Waals surface area contributed by atoms with E-state index < -0.39 is 0 Å². The van der Waals surface area contributed by atoms with Gasteiger partial charge < -0.3 is 0 Å². The number of halogens is 1. The van der Waals surface area contributed by atoms with Crippen LogP contribution in [-0.2, 0) is 5.75 Å². The van der Waals surface area contributed by atoms with Gasteiger partial charge in [-0.3, -0.25) is 9.36 Å². The van der Waals surface area contributed by atoms with Crippen molar-refractivity contribution in [2.24, 2.45) is 0 Å². The van der Waals surface area contributed by atoms with Crippen LogP contribution in [0.1, 0.15) is 11.1 Å². The third-order valence-electron chi connectivity index (χ3n) is 3.41. The van der Waals surface area contributed by atoms with Crippen molar-refractivity contribution in [2.45, 2.75) is 17.7 Å². The molecular weight excluding hydrogens is 311 g/mol. The number of nitrogens with zero attached hydrogens (tertiary/aromatic N) is 2. The van der Waals surface area contributed by atoms with Crippen molar-refractivity contribution in [3.63, 3.8) is 0 Å². The summed E-state index contributed by atoms with van der Waals surface area (Å²) in [6.45, 7) is 2.04. The minimum absolute atomic E-state index is 0.198. The van der Waals surface area contributed by atoms with E-state index in [-0.39, 0.29) is 11.4 Å². The Bertz CT molecular complexity index is 857. The molecule has 0 fully saturated rings. The van der Waals surface area contributed by atoms with Crippen molar-refractivity contribution in [2.75, 3.05) is 0 Å². The smallest absolute Gasteiger partial charge is 0.280 e. The predicted molar refractivity (Wildman–Crippen MR) is 90.5 cm³/mol. The van der Waals surface area contributed by atoms with Gasteiger partial charge in [-0.25, -0.2) is 9.37 Å². The summed E-state index contributed by atoms with van der Waals surface area (Å²) in [6, 6.07) is 14.0. The minimum atomic E-state index is -0.329. The molecule has 116 valence electrons. The van der Waals surface area contributed by atoms with Crippen LogP contribution in [0.15, 0.2) is 70.7 Å². The number of hydrogen-bond acceptors (Lipinski definition) is 3. The molecule has 3 aromatic rings. The van der Waals surface area contributed by atoms with Gasteiger partial charge in [0.25, 0.3) is 5.56 Å². The van der Waals surface area contributed by atoms with Crippen molar-refractivity contribution in [1.82, 2.24) is 9.55 Å². The molecule has 1 heterocycles. The summed E-state index contributed by atoms with van der Waals surface area (Å²) in [5.41, 5.74) is 2.77. The van der Waals surface area contributed by atoms with E-state index >= 15 is 0 Å². The Morgan fingerprint density at radius 2 is 1.78 bits per heavy atom. The monoisotopic (exact) mass is 326 g/mol. The van der Waals surface area contributed by atoms with Gasteiger partial charge in [-0.05, 0) is 36.8 Å². The molecule has 5 heteroatoms. The molecule has 2 aromatic carbocycles. The molecule has 0 atom stereocenters. The lowest BCUT2D eigenvalue weighted by Crippen LogP contribution is -2.20. The molecule has 0 radical (unpaired) electrons. The van der Waals surface area contributed by atoms with Crippen LogP contribution in [0.2, 0.25) is 0 Å². The van der Waals surface area contributed by atoms with Crippen molar-refractivity contribution in [3.8, 4) is 5.69 Å². The maximum atomic E-state index is 13.0. The number of benzene rings is 2. The summed E-state index contributed by atoms with van der Waals surface area (Å²) in [5, 5.41) is 0.428. The number of aryl methyl sites for hydroxylation is 1. The van der Waals surface area contributed by atoms with E-state index in [1.807, 2.05) is 31.2 Å². The largest absolute Gasteiger partial charge is 0.287 e. The second kappa shape index (κ2) is 6.79. The van der Waals surface area contributed by atoms with Gasteiger partial charge in [0, 0.05) is 23.8 Å². The van der Waals surface area contributed by atoms with Gasteiger partial charge in [0.1, 0.15) is 5.82 Å². The summed E-state index contributed by atoms with van der Waals surface area (Å²) in [4.78, 5) is 16.7. The van der Waals surface area contributed by atoms with E-state index in [1.165, 1.54) is 34.0 Å². The molecule has 23 heavy (non-hydrogen) atoms. The minimum Gasteiger partial charge on any atom is -0.280 e. The van der Waals surface area contributed by atoms with Crippen LogP contribution >= 0.6 is 11.8 Å². The molecule has 0 saturated carbocycles. The molecule has 0 unspecified atom stereocenters. The van der Waals surface area contributed by atoms with Crippen molar-refractivity contribution in [1.29, 1.82) is 0 Å². The van der Waals surface area contributed by atoms with Crippen LogP contribution < -0.4 is 5.56 Å². The van der Waals surface area contributed by atoms with Gasteiger partial charge in [-0.1, -0.05) is 41.6 Å². The fourth-order valence-corrected chi connectivity index (χ4v) is 2.99. The fraction of sp³-hybridized carbons (Fsp3) is 0.111. The van der Waals surface area contributed by atoms with Crippen LogP contribution in [0, 0.1) is 12.7 Å². The number of rotatable bonds is 4. The Hall–Kier alpha value is -2.40. The van der Waals surface area contributed by atoms with Gasteiger partial charge in [-0.2, -0.15) is 0 Å². The first-order chi connectivity index (χ1) is 11.1. The molecule has 0 aliphatic rings. The SMILES string of the molecule is Cc1ccc(CSc2nccn(-c3ccc(F)cc3)c2=O)cc1. The average Bonchev–Trinajstić information content (AvgIpc) is 2.56. The van der Waals surface area contributed by atoms with E-state index in [4.69, 9.17) is 0 Å². The topological polar surface area (TPSA) is 34.9 Å². The van der Waals surface area contributed by atoms with Crippen LogP contribution in [0.25, 0.3) is 5.69 Å². The number of hydrogen-bond donors (Lipinski definition) is 0. The van der Waals surface area contributed by atoms with Gasteiger partial charge in [0.05, 0.1) is 0 Å². The Morgan fingerprint density at radius 1 is 1.09 bits per heavy atom. The summed E-state index contributed by atoms with van der Waals surface area (Å²) >= 11 is 1.40. The zero-order valence-electron chi connectivity index (χ0n) is 12.6. The van der Waals surface area contributed by atoms with E-state index in [2.05, 4.69) is 4.98 Å². The molecular formula is C18H15FN2OS. The maximum Gasteiger partial charge on any atom is 0.287 e. The summed E-state index contributed by atoms with van der Waals surface area (Å²) in [5.74, 6) is 0.348. The van der Waals surface area contributed by atoms with Gasteiger partial charge >= 0.3 is 0 Å². The van der Waals surface area contributed by atoms with E-state index in [0.717, 1.165) is 5.56 Å². The lowest BCUT2D eigenvalue weighted by atomic mass is 10.2. The molecule has 1 aromatic heterocycles. The normalized spacial score (nSPS) is 10.7. The zero-order valence-corrected chi connectivity index (χ0v) is 13.4. The van der Waals surface area contributed by atoms with Crippen LogP contribution in [0.3, 0.4) is 0 Å². The Balaban J connectivity index is 1.83. The average molecular weight is 326 g/mol. The van der Waals surface area contributed by atoms with E-state index in [0.29, 0.717) is 16.5 Å². The lowest BCUT2D eigenvalue weighted by Gasteiger charge is -2.07. The highest BCUT2D eigenvalue weighted by atomic mass is 32.2. The van der Waals surface area contributed by atoms with Gasteiger partial charge in [-0.15, -0.1) is 0 Å². The van der Waals surface area contributed by atoms with Crippen LogP contribution in [0.5, 0.6) is 0 Å². The molecule has 0 bridgehead atoms. The van der Waals surface area contributed by atoms with E-state index in [9.17, 15) is 9.18 Å². The Labute approximate surface area is 137 Å². The molecule has 0 amide bonds. The van der Waals surface area contributed by atoms with Crippen LogP contribution in [-0.4, -0.2) is 9.55 Å². The predicted octanol–water partition coefficient (Wildman–Crippen LogP) is 3.97. The highest BCUT2D eigenvalue weighted by Gasteiger charge is 2.07. The van der Waals surface area contributed by atoms with Gasteiger partial charge in [0.15, 0.2) is 5.03 Å². The summed E-state index contributed by atoms with van der Waals surface area (Å²) < 4.78 is 14.5. The first kappa shape index (κ1) is 15.5. The van der Waals surface area contributed by atoms with Crippen molar-refractivity contribution in [3.05, 3.63) is 88.2 Å². The third kappa shape index (κ3) is 3.68. The zero-order chi connectivity index (χ0) is 16.2. The number of aromatic nitrogens is 2. The third-order valence-corrected chi connectivity index (χ3v) is 4.44. The maximum absolute atomic E-state index is 13.0. The first-order valence-electron chi connectivity index (χ1n) is 7.15. The molecule has 0 aliphatic heterocycles. The molecule has 0 N–H and O–H groups in total. The second-order valence-corrected chi connectivity index (χ2v) is 6.12. The summed E-state index contributed by atoms with van der Waals surface area (Å²) in [7, 11) is 0. The fourth-order valence-electron chi connectivity index (χ4n) is 2.13. The van der Waals surface area contributed by atoms with Crippen molar-refractivity contribution >= 4 is 11.8 Å². The standard InChI is InChI=1S/C18H15FN2OS/c1-13-2-4-14(5-3-13)12-23-17-18(22)21(11-10-20-17)16-8-6-15(19)7-9-16/h2-11H,12H2,1H3. The molecule has 3 rings (SSSR count). The summed E-state index contributed by atoms with van der Waals surface area (Å²) in [6.07, 6.45) is 3.17. The van der Waals surface area contributed by atoms with E-state index in [1.54, 1.807) is 24.5 Å². The highest BCUT2D eigenvalue weighted by Crippen LogP contribution is 2.18. The highest BCUT2D eigenvalue weighted by molar-refractivity contribution is 7.98. The second-order valence-electron chi connectivity index (χ2n) is 5.16. The molecule has 3 nitrogen and oxygen atoms in total. The number of thioether (sulfide) groups is 1. The quantitative estimate of drug-likeness (QED) is 0.680. The van der Waals surface area contributed by atoms with Crippen LogP contribution in [0.4, 0.5) is 4.39 Å². The van der Waals surface area contributed by atoms with Crippen molar-refractivity contribution < 1.29 is 4.39 Å². The van der Waals surface area contributed by atoms with Gasteiger partial charge in [0.2, 0.25) is 0 Å². The lowest BCUT2D eigenvalue weighted by molar-refractivity contribution is 0.627. The Kier molecular flexibility index (Phi) is 4.57. The molecule has 0 saturated heterocycles. The molecule has 0 spiro atoms. The first-order valence-corrected chi connectivity index (χ1v) is 8.14. The Morgan fingerprint density at radius 3 is 2.48 bits per heavy atom.